The maximum atomic E-state index is 13.4. The van der Waals surface area contributed by atoms with E-state index in [-0.39, 0.29) is 34.9 Å². The minimum absolute atomic E-state index is 0. The van der Waals surface area contributed by atoms with E-state index in [1.54, 1.807) is 6.07 Å². The van der Waals surface area contributed by atoms with Crippen molar-refractivity contribution in [2.45, 2.75) is 147 Å². The van der Waals surface area contributed by atoms with Crippen molar-refractivity contribution in [3.63, 3.8) is 0 Å². The van der Waals surface area contributed by atoms with Gasteiger partial charge in [0.25, 0.3) is 0 Å². The van der Waals surface area contributed by atoms with E-state index in [1.807, 2.05) is 39.8 Å². The first-order valence-corrected chi connectivity index (χ1v) is 17.8. The van der Waals surface area contributed by atoms with Crippen LogP contribution in [0.25, 0.3) is 0 Å². The Morgan fingerprint density at radius 3 is 1.12 bits per heavy atom. The van der Waals surface area contributed by atoms with Crippen molar-refractivity contribution < 1.29 is 4.39 Å². The number of hydrogen-bond donors (Lipinski definition) is 0. The molecule has 49 heavy (non-hydrogen) atoms. The first kappa shape index (κ1) is 46.4. The molecule has 0 nitrogen and oxygen atoms in total. The Kier molecular flexibility index (Phi) is 17.6. The average molecular weight is 710 g/mol. The molecule has 0 heterocycles. The van der Waals surface area contributed by atoms with E-state index in [0.29, 0.717) is 10.6 Å². The van der Waals surface area contributed by atoms with Gasteiger partial charge >= 0.3 is 0 Å². The summed E-state index contributed by atoms with van der Waals surface area (Å²) in [5, 5.41) is 1.35. The predicted molar refractivity (Wildman–Crippen MR) is 221 cm³/mol. The molecule has 0 fully saturated rings. The lowest BCUT2D eigenvalue weighted by Crippen LogP contribution is -2.14. The Bertz CT molecular complexity index is 1540. The average Bonchev–Trinajstić information content (AvgIpc) is 2.89. The highest BCUT2D eigenvalue weighted by molar-refractivity contribution is 6.32. The van der Waals surface area contributed by atoms with Crippen LogP contribution in [0.3, 0.4) is 0 Å². The quantitative estimate of drug-likeness (QED) is 0.171. The molecule has 0 amide bonds. The summed E-state index contributed by atoms with van der Waals surface area (Å²) in [7, 11) is 0. The molecule has 0 aliphatic rings. The topological polar surface area (TPSA) is 0 Å². The van der Waals surface area contributed by atoms with Gasteiger partial charge in [-0.3, -0.25) is 0 Å². The van der Waals surface area contributed by atoms with Gasteiger partial charge in [0.2, 0.25) is 0 Å². The largest absolute Gasteiger partial charge is 0.207 e. The van der Waals surface area contributed by atoms with Crippen molar-refractivity contribution in [3.8, 4) is 0 Å². The van der Waals surface area contributed by atoms with E-state index >= 15 is 0 Å². The van der Waals surface area contributed by atoms with Gasteiger partial charge in [-0.2, -0.15) is 0 Å². The van der Waals surface area contributed by atoms with Gasteiger partial charge in [0.15, 0.2) is 0 Å². The highest BCUT2D eigenvalue weighted by Crippen LogP contribution is 2.34. The number of rotatable bonds is 0. The highest BCUT2D eigenvalue weighted by Gasteiger charge is 2.22. The molecule has 0 N–H and O–H groups in total. The van der Waals surface area contributed by atoms with Crippen LogP contribution in [0.1, 0.15) is 141 Å². The first-order chi connectivity index (χ1) is 21.7. The van der Waals surface area contributed by atoms with Gasteiger partial charge < -0.3 is 0 Å². The molecular weight excluding hydrogens is 642 g/mol. The standard InChI is InChI=1S/2C12H18.C11H14ClF.C10H13Cl.CH4/c2*1-9-6-7-11(10(2)8-9)12(3,4)5;1-7-5-6-8(13)9(10(7)12)11(2,3)4;1-10(2,3)8-4-6-9(11)7-5-8;/h2*6-8H,1-5H3;5-6H,1-4H3;4-7H,1-3H3;1H4. The highest BCUT2D eigenvalue weighted by atomic mass is 35.5. The maximum absolute atomic E-state index is 13.4. The van der Waals surface area contributed by atoms with E-state index in [0.717, 1.165) is 10.6 Å². The van der Waals surface area contributed by atoms with E-state index < -0.39 is 0 Å². The summed E-state index contributed by atoms with van der Waals surface area (Å²) in [5.41, 5.74) is 11.8. The van der Waals surface area contributed by atoms with Gasteiger partial charge in [-0.05, 0) is 108 Å². The van der Waals surface area contributed by atoms with Crippen LogP contribution < -0.4 is 0 Å². The van der Waals surface area contributed by atoms with Gasteiger partial charge in [-0.1, -0.05) is 179 Å². The van der Waals surface area contributed by atoms with Crippen LogP contribution in [-0.4, -0.2) is 0 Å². The Labute approximate surface area is 311 Å². The van der Waals surface area contributed by atoms with Crippen LogP contribution >= 0.6 is 23.2 Å². The molecule has 0 bridgehead atoms. The fourth-order valence-corrected chi connectivity index (χ4v) is 6.17. The van der Waals surface area contributed by atoms with Crippen LogP contribution in [0.5, 0.6) is 0 Å². The summed E-state index contributed by atoms with van der Waals surface area (Å²) >= 11 is 11.8. The summed E-state index contributed by atoms with van der Waals surface area (Å²) in [6.07, 6.45) is 0. The Balaban J connectivity index is 0.000000624. The molecule has 0 saturated carbocycles. The lowest BCUT2D eigenvalue weighted by Gasteiger charge is -2.22. The molecule has 4 rings (SSSR count). The van der Waals surface area contributed by atoms with Crippen LogP contribution in [0.4, 0.5) is 4.39 Å². The molecule has 0 spiro atoms. The maximum Gasteiger partial charge on any atom is 0.128 e. The van der Waals surface area contributed by atoms with Gasteiger partial charge in [0.05, 0.1) is 5.02 Å². The second kappa shape index (κ2) is 18.6. The minimum atomic E-state index is -0.243. The second-order valence-electron chi connectivity index (χ2n) is 17.2. The van der Waals surface area contributed by atoms with Crippen LogP contribution in [0.15, 0.2) is 72.8 Å². The molecule has 0 saturated heterocycles. The molecule has 272 valence electrons. The van der Waals surface area contributed by atoms with E-state index in [2.05, 4.69) is 139 Å². The van der Waals surface area contributed by atoms with Gasteiger partial charge in [-0.15, -0.1) is 0 Å². The summed E-state index contributed by atoms with van der Waals surface area (Å²) in [5.74, 6) is -0.219. The third-order valence-electron chi connectivity index (χ3n) is 8.12. The number of benzene rings is 4. The molecule has 4 aromatic carbocycles. The molecular formula is C46H67Cl2F. The van der Waals surface area contributed by atoms with Crippen molar-refractivity contribution in [1.29, 1.82) is 0 Å². The Hall–Kier alpha value is -2.61. The summed E-state index contributed by atoms with van der Waals surface area (Å²) < 4.78 is 13.4. The van der Waals surface area contributed by atoms with Crippen molar-refractivity contribution in [1.82, 2.24) is 0 Å². The fraction of sp³-hybridized carbons (Fsp3) is 0.478. The fourth-order valence-electron chi connectivity index (χ4n) is 5.60. The zero-order valence-electron chi connectivity index (χ0n) is 33.1. The summed E-state index contributed by atoms with van der Waals surface area (Å²) in [6.45, 7) is 36.5. The van der Waals surface area contributed by atoms with E-state index in [9.17, 15) is 4.39 Å². The smallest absolute Gasteiger partial charge is 0.128 e. The molecule has 0 aliphatic heterocycles. The normalized spacial score (nSPS) is 11.5. The summed E-state index contributed by atoms with van der Waals surface area (Å²) in [6, 6.07) is 24.5. The van der Waals surface area contributed by atoms with Gasteiger partial charge in [0, 0.05) is 10.6 Å². The SMILES string of the molecule is C.CC(C)(C)c1ccc(Cl)cc1.Cc1ccc(C(C)(C)C)c(C)c1.Cc1ccc(C(C)(C)C)c(C)c1.Cc1ccc(F)c(C(C)(C)C)c1Cl. The Morgan fingerprint density at radius 1 is 0.449 bits per heavy atom. The zero-order valence-corrected chi connectivity index (χ0v) is 34.6. The molecule has 0 aliphatic carbocycles. The van der Waals surface area contributed by atoms with Crippen LogP contribution in [-0.2, 0) is 21.7 Å². The number of hydrogen-bond acceptors (Lipinski definition) is 0. The van der Waals surface area contributed by atoms with Crippen molar-refractivity contribution >= 4 is 23.2 Å². The minimum Gasteiger partial charge on any atom is -0.207 e. The summed E-state index contributed by atoms with van der Waals surface area (Å²) in [4.78, 5) is 0. The number of halogens is 3. The lowest BCUT2D eigenvalue weighted by atomic mass is 9.84. The van der Waals surface area contributed by atoms with Crippen molar-refractivity contribution in [2.75, 3.05) is 0 Å². The molecule has 0 atom stereocenters. The number of aryl methyl sites for hydroxylation is 5. The third kappa shape index (κ3) is 15.4. The van der Waals surface area contributed by atoms with Crippen LogP contribution in [0, 0.1) is 40.4 Å². The molecule has 3 heteroatoms. The van der Waals surface area contributed by atoms with Crippen LogP contribution in [0.2, 0.25) is 10.0 Å². The molecule has 0 unspecified atom stereocenters. The van der Waals surface area contributed by atoms with E-state index in [1.165, 1.54) is 45.0 Å². The van der Waals surface area contributed by atoms with Crippen molar-refractivity contribution in [2.24, 2.45) is 0 Å². The van der Waals surface area contributed by atoms with Crippen molar-refractivity contribution in [3.05, 3.63) is 139 Å². The van der Waals surface area contributed by atoms with E-state index in [4.69, 9.17) is 23.2 Å². The zero-order chi connectivity index (χ0) is 37.4. The third-order valence-corrected chi connectivity index (χ3v) is 8.86. The molecule has 0 aromatic heterocycles. The lowest BCUT2D eigenvalue weighted by molar-refractivity contribution is 0.522. The predicted octanol–water partition coefficient (Wildman–Crippen LogP) is 15.6. The molecule has 0 radical (unpaired) electrons. The first-order valence-electron chi connectivity index (χ1n) is 17.0. The Morgan fingerprint density at radius 2 is 0.837 bits per heavy atom. The molecule has 4 aromatic rings. The van der Waals surface area contributed by atoms with Gasteiger partial charge in [0.1, 0.15) is 5.82 Å². The second-order valence-corrected chi connectivity index (χ2v) is 18.0. The monoisotopic (exact) mass is 708 g/mol. The van der Waals surface area contributed by atoms with Gasteiger partial charge in [-0.25, -0.2) is 4.39 Å².